The molecule has 2 rings (SSSR count). The predicted molar refractivity (Wildman–Crippen MR) is 70.6 cm³/mol. The van der Waals surface area contributed by atoms with E-state index in [1.54, 1.807) is 0 Å². The fraction of sp³-hybridized carbons (Fsp3) is 0.538. The average molecular weight is 322 g/mol. The number of hydrogen-bond donors (Lipinski definition) is 1. The second kappa shape index (κ2) is 4.87. The Hall–Kier alpha value is -0.120. The second-order valence-electron chi connectivity index (χ2n) is 5.05. The van der Waals surface area contributed by atoms with E-state index in [2.05, 4.69) is 15.9 Å². The summed E-state index contributed by atoms with van der Waals surface area (Å²) in [6.07, 6.45) is 3.28. The molecule has 1 nitrogen and oxygen atoms in total. The van der Waals surface area contributed by atoms with Gasteiger partial charge in [0.25, 0.3) is 0 Å². The highest BCUT2D eigenvalue weighted by Gasteiger charge is 2.38. The summed E-state index contributed by atoms with van der Waals surface area (Å²) in [4.78, 5) is 0. The molecule has 1 aliphatic carbocycles. The molecule has 0 aromatic heterocycles. The molecule has 1 aliphatic rings. The Balaban J connectivity index is 2.36. The Kier molecular flexibility index (Phi) is 3.81. The van der Waals surface area contributed by atoms with E-state index in [0.29, 0.717) is 15.1 Å². The third kappa shape index (κ3) is 2.51. The van der Waals surface area contributed by atoms with Crippen LogP contribution in [0.3, 0.4) is 0 Å². The summed E-state index contributed by atoms with van der Waals surface area (Å²) < 4.78 is 14.4. The first-order valence-corrected chi connectivity index (χ1v) is 6.94. The zero-order valence-corrected chi connectivity index (χ0v) is 12.0. The van der Waals surface area contributed by atoms with Crippen molar-refractivity contribution in [2.45, 2.75) is 38.7 Å². The molecule has 0 aliphatic heterocycles. The monoisotopic (exact) mass is 320 g/mol. The topological polar surface area (TPSA) is 20.2 Å². The third-order valence-electron chi connectivity index (χ3n) is 3.74. The van der Waals surface area contributed by atoms with E-state index < -0.39 is 11.9 Å². The maximum Gasteiger partial charge on any atom is 0.130 e. The van der Waals surface area contributed by atoms with Crippen LogP contribution in [0.4, 0.5) is 4.39 Å². The van der Waals surface area contributed by atoms with Crippen molar-refractivity contribution in [2.75, 3.05) is 0 Å². The van der Waals surface area contributed by atoms with Crippen LogP contribution in [0.1, 0.15) is 44.3 Å². The average Bonchev–Trinajstić information content (AvgIpc) is 2.71. The first-order chi connectivity index (χ1) is 7.94. The summed E-state index contributed by atoms with van der Waals surface area (Å²) >= 11 is 9.13. The van der Waals surface area contributed by atoms with Crippen LogP contribution in [-0.2, 0) is 0 Å². The maximum absolute atomic E-state index is 13.9. The Morgan fingerprint density at radius 2 is 2.00 bits per heavy atom. The molecule has 1 unspecified atom stereocenters. The molecule has 0 amide bonds. The van der Waals surface area contributed by atoms with Crippen molar-refractivity contribution in [1.82, 2.24) is 0 Å². The molecular formula is C13H15BrClFO. The van der Waals surface area contributed by atoms with Crippen molar-refractivity contribution in [3.8, 4) is 0 Å². The molecular weight excluding hydrogens is 306 g/mol. The van der Waals surface area contributed by atoms with E-state index >= 15 is 0 Å². The molecule has 1 aromatic rings. The first kappa shape index (κ1) is 13.3. The lowest BCUT2D eigenvalue weighted by Crippen LogP contribution is -2.23. The van der Waals surface area contributed by atoms with E-state index in [4.69, 9.17) is 11.6 Å². The molecule has 1 N–H and O–H groups in total. The first-order valence-electron chi connectivity index (χ1n) is 5.76. The number of rotatable bonds is 2. The van der Waals surface area contributed by atoms with Crippen molar-refractivity contribution in [3.63, 3.8) is 0 Å². The predicted octanol–water partition coefficient (Wildman–Crippen LogP) is 4.86. The van der Waals surface area contributed by atoms with Crippen LogP contribution in [0.15, 0.2) is 16.6 Å². The van der Waals surface area contributed by atoms with E-state index in [1.807, 2.05) is 6.92 Å². The van der Waals surface area contributed by atoms with Crippen LogP contribution in [0.5, 0.6) is 0 Å². The third-order valence-corrected chi connectivity index (χ3v) is 4.94. The lowest BCUT2D eigenvalue weighted by molar-refractivity contribution is 0.0379. The normalized spacial score (nSPS) is 20.5. The van der Waals surface area contributed by atoms with Gasteiger partial charge in [-0.2, -0.15) is 0 Å². The zero-order chi connectivity index (χ0) is 12.6. The van der Waals surface area contributed by atoms with Gasteiger partial charge in [-0.25, -0.2) is 4.39 Å². The molecule has 1 aromatic carbocycles. The summed E-state index contributed by atoms with van der Waals surface area (Å²) in [6, 6.07) is 2.84. The number of aliphatic hydroxyl groups is 1. The highest BCUT2D eigenvalue weighted by Crippen LogP contribution is 2.48. The van der Waals surface area contributed by atoms with Crippen molar-refractivity contribution in [1.29, 1.82) is 0 Å². The molecule has 1 fully saturated rings. The summed E-state index contributed by atoms with van der Waals surface area (Å²) in [5.74, 6) is -0.401. The second-order valence-corrected chi connectivity index (χ2v) is 6.31. The highest BCUT2D eigenvalue weighted by molar-refractivity contribution is 9.10. The minimum absolute atomic E-state index is 0.224. The Labute approximate surface area is 114 Å². The molecule has 0 radical (unpaired) electrons. The van der Waals surface area contributed by atoms with Crippen LogP contribution in [0.2, 0.25) is 5.02 Å². The quantitative estimate of drug-likeness (QED) is 0.772. The minimum Gasteiger partial charge on any atom is -0.388 e. The van der Waals surface area contributed by atoms with Gasteiger partial charge >= 0.3 is 0 Å². The van der Waals surface area contributed by atoms with Crippen molar-refractivity contribution in [2.24, 2.45) is 5.41 Å². The number of benzene rings is 1. The fourth-order valence-electron chi connectivity index (χ4n) is 2.58. The molecule has 0 bridgehead atoms. The standard InChI is InChI=1S/C13H15BrClFO/c1-13(4-2-3-5-13)12(17)8-6-10(15)9(14)7-11(8)16/h6-7,12,17H,2-5H2,1H3. The summed E-state index contributed by atoms with van der Waals surface area (Å²) in [7, 11) is 0. The highest BCUT2D eigenvalue weighted by atomic mass is 79.9. The molecule has 1 atom stereocenters. The largest absolute Gasteiger partial charge is 0.388 e. The Morgan fingerprint density at radius 3 is 2.59 bits per heavy atom. The minimum atomic E-state index is -0.782. The lowest BCUT2D eigenvalue weighted by Gasteiger charge is -2.30. The molecule has 1 saturated carbocycles. The van der Waals surface area contributed by atoms with Crippen LogP contribution < -0.4 is 0 Å². The SMILES string of the molecule is CC1(C(O)c2cc(Cl)c(Br)cc2F)CCCC1. The van der Waals surface area contributed by atoms with Crippen LogP contribution in [0, 0.1) is 11.2 Å². The number of hydrogen-bond acceptors (Lipinski definition) is 1. The van der Waals surface area contributed by atoms with Gasteiger partial charge in [-0.3, -0.25) is 0 Å². The number of halogens is 3. The Morgan fingerprint density at radius 1 is 1.41 bits per heavy atom. The van der Waals surface area contributed by atoms with Gasteiger partial charge in [-0.1, -0.05) is 31.4 Å². The van der Waals surface area contributed by atoms with Gasteiger partial charge in [-0.05, 0) is 46.3 Å². The molecule has 4 heteroatoms. The van der Waals surface area contributed by atoms with Gasteiger partial charge in [-0.15, -0.1) is 0 Å². The van der Waals surface area contributed by atoms with Gasteiger partial charge in [0, 0.05) is 10.0 Å². The molecule has 94 valence electrons. The van der Waals surface area contributed by atoms with Gasteiger partial charge < -0.3 is 5.11 Å². The lowest BCUT2D eigenvalue weighted by atomic mass is 9.79. The summed E-state index contributed by atoms with van der Waals surface area (Å²) in [6.45, 7) is 2.01. The Bertz CT molecular complexity index is 430. The van der Waals surface area contributed by atoms with Crippen molar-refractivity contribution >= 4 is 27.5 Å². The van der Waals surface area contributed by atoms with Gasteiger partial charge in [0.2, 0.25) is 0 Å². The molecule has 0 spiro atoms. The van der Waals surface area contributed by atoms with Crippen LogP contribution in [0.25, 0.3) is 0 Å². The summed E-state index contributed by atoms with van der Waals surface area (Å²) in [5, 5.41) is 10.8. The number of aliphatic hydroxyl groups excluding tert-OH is 1. The van der Waals surface area contributed by atoms with Gasteiger partial charge in [0.05, 0.1) is 11.1 Å². The van der Waals surface area contributed by atoms with Gasteiger partial charge in [0.1, 0.15) is 5.82 Å². The zero-order valence-electron chi connectivity index (χ0n) is 9.64. The smallest absolute Gasteiger partial charge is 0.130 e. The van der Waals surface area contributed by atoms with Crippen molar-refractivity contribution < 1.29 is 9.50 Å². The molecule has 17 heavy (non-hydrogen) atoms. The fourth-order valence-corrected chi connectivity index (χ4v) is 3.07. The molecule has 0 heterocycles. The van der Waals surface area contributed by atoms with E-state index in [0.717, 1.165) is 25.7 Å². The van der Waals surface area contributed by atoms with Gasteiger partial charge in [0.15, 0.2) is 0 Å². The van der Waals surface area contributed by atoms with E-state index in [9.17, 15) is 9.50 Å². The van der Waals surface area contributed by atoms with Crippen molar-refractivity contribution in [3.05, 3.63) is 33.0 Å². The molecule has 0 saturated heterocycles. The van der Waals surface area contributed by atoms with E-state index in [-0.39, 0.29) is 5.41 Å². The van der Waals surface area contributed by atoms with Crippen LogP contribution >= 0.6 is 27.5 Å². The maximum atomic E-state index is 13.9. The summed E-state index contributed by atoms with van der Waals surface area (Å²) in [5.41, 5.74) is 0.0838. The van der Waals surface area contributed by atoms with Crippen LogP contribution in [-0.4, -0.2) is 5.11 Å². The van der Waals surface area contributed by atoms with E-state index in [1.165, 1.54) is 12.1 Å².